The lowest BCUT2D eigenvalue weighted by Crippen LogP contribution is -1.99. The molecule has 0 fully saturated rings. The summed E-state index contributed by atoms with van der Waals surface area (Å²) in [5, 5.41) is 10.6. The lowest BCUT2D eigenvalue weighted by atomic mass is 10.1. The molecule has 0 amide bonds. The fraction of sp³-hybridized carbons (Fsp3) is 0.231. The van der Waals surface area contributed by atoms with Gasteiger partial charge in [0.25, 0.3) is 0 Å². The van der Waals surface area contributed by atoms with Gasteiger partial charge in [-0.05, 0) is 36.6 Å². The van der Waals surface area contributed by atoms with Crippen LogP contribution in [0.4, 0.5) is 0 Å². The third-order valence-corrected chi connectivity index (χ3v) is 3.55. The van der Waals surface area contributed by atoms with E-state index in [1.165, 1.54) is 0 Å². The molecule has 0 aliphatic carbocycles. The molecule has 3 nitrogen and oxygen atoms in total. The van der Waals surface area contributed by atoms with E-state index in [2.05, 4.69) is 4.98 Å². The molecule has 2 aromatic rings. The van der Waals surface area contributed by atoms with Crippen LogP contribution in [0.3, 0.4) is 0 Å². The van der Waals surface area contributed by atoms with Gasteiger partial charge >= 0.3 is 5.97 Å². The van der Waals surface area contributed by atoms with E-state index in [9.17, 15) is 4.79 Å². The van der Waals surface area contributed by atoms with Crippen LogP contribution in [-0.4, -0.2) is 16.1 Å². The van der Waals surface area contributed by atoms with Gasteiger partial charge in [0.15, 0.2) is 0 Å². The van der Waals surface area contributed by atoms with Crippen LogP contribution in [0.2, 0.25) is 10.2 Å². The smallest absolute Gasteiger partial charge is 0.303 e. The number of pyridine rings is 1. The minimum Gasteiger partial charge on any atom is -0.481 e. The number of nitrogens with zero attached hydrogens (tertiary/aromatic N) is 1. The van der Waals surface area contributed by atoms with Crippen molar-refractivity contribution in [1.29, 1.82) is 0 Å². The largest absolute Gasteiger partial charge is 0.481 e. The molecule has 1 aromatic heterocycles. The highest BCUT2D eigenvalue weighted by Crippen LogP contribution is 2.27. The summed E-state index contributed by atoms with van der Waals surface area (Å²) in [7, 11) is 0. The van der Waals surface area contributed by atoms with E-state index in [1.54, 1.807) is 6.07 Å². The third kappa shape index (κ3) is 2.57. The molecule has 0 unspecified atom stereocenters. The van der Waals surface area contributed by atoms with Crippen molar-refractivity contribution in [1.82, 2.24) is 4.98 Å². The van der Waals surface area contributed by atoms with E-state index >= 15 is 0 Å². The zero-order chi connectivity index (χ0) is 13.3. The molecular formula is C13H11Cl2NO2. The summed E-state index contributed by atoms with van der Waals surface area (Å²) in [5.74, 6) is -0.849. The van der Waals surface area contributed by atoms with Gasteiger partial charge in [0.1, 0.15) is 5.15 Å². The molecule has 5 heteroatoms. The Morgan fingerprint density at radius 2 is 2.11 bits per heavy atom. The van der Waals surface area contributed by atoms with Gasteiger partial charge in [0.2, 0.25) is 0 Å². The van der Waals surface area contributed by atoms with E-state index in [4.69, 9.17) is 28.3 Å². The molecular weight excluding hydrogens is 273 g/mol. The summed E-state index contributed by atoms with van der Waals surface area (Å²) in [5.41, 5.74) is 2.38. The maximum atomic E-state index is 10.6. The van der Waals surface area contributed by atoms with Gasteiger partial charge in [-0.2, -0.15) is 0 Å². The Hall–Kier alpha value is -1.32. The zero-order valence-corrected chi connectivity index (χ0v) is 11.2. The van der Waals surface area contributed by atoms with Crippen LogP contribution in [-0.2, 0) is 11.2 Å². The molecule has 2 rings (SSSR count). The van der Waals surface area contributed by atoms with Crippen LogP contribution in [0.1, 0.15) is 17.5 Å². The van der Waals surface area contributed by atoms with Crippen LogP contribution in [0.5, 0.6) is 0 Å². The fourth-order valence-electron chi connectivity index (χ4n) is 1.80. The second-order valence-electron chi connectivity index (χ2n) is 4.08. The standard InChI is InChI=1S/C13H11Cl2NO2/c1-7-10(14)4-2-8-6-9(3-5-11(17)18)13(15)16-12(7)8/h2,4,6H,3,5H2,1H3,(H,17,18). The van der Waals surface area contributed by atoms with Gasteiger partial charge in [-0.25, -0.2) is 4.98 Å². The van der Waals surface area contributed by atoms with E-state index in [-0.39, 0.29) is 6.42 Å². The Morgan fingerprint density at radius 3 is 2.78 bits per heavy atom. The van der Waals surface area contributed by atoms with Crippen LogP contribution in [0.15, 0.2) is 18.2 Å². The van der Waals surface area contributed by atoms with Crippen LogP contribution in [0, 0.1) is 6.92 Å². The molecule has 1 N–H and O–H groups in total. The number of aromatic nitrogens is 1. The topological polar surface area (TPSA) is 50.2 Å². The Labute approximate surface area is 114 Å². The van der Waals surface area contributed by atoms with Gasteiger partial charge in [-0.3, -0.25) is 4.79 Å². The number of hydrogen-bond donors (Lipinski definition) is 1. The van der Waals surface area contributed by atoms with Gasteiger partial charge in [-0.15, -0.1) is 0 Å². The Morgan fingerprint density at radius 1 is 1.39 bits per heavy atom. The first-order chi connectivity index (χ1) is 8.49. The average molecular weight is 284 g/mol. The number of halogens is 2. The molecule has 0 aliphatic rings. The highest BCUT2D eigenvalue weighted by molar-refractivity contribution is 6.32. The SMILES string of the molecule is Cc1c(Cl)ccc2cc(CCC(=O)O)c(Cl)nc12. The highest BCUT2D eigenvalue weighted by Gasteiger charge is 2.10. The van der Waals surface area contributed by atoms with E-state index in [1.807, 2.05) is 19.1 Å². The van der Waals surface area contributed by atoms with Crippen molar-refractivity contribution in [2.75, 3.05) is 0 Å². The number of carboxylic acid groups (broad SMARTS) is 1. The fourth-order valence-corrected chi connectivity index (χ4v) is 2.18. The van der Waals surface area contributed by atoms with Crippen molar-refractivity contribution in [2.45, 2.75) is 19.8 Å². The van der Waals surface area contributed by atoms with Crippen molar-refractivity contribution in [3.8, 4) is 0 Å². The van der Waals surface area contributed by atoms with Crippen molar-refractivity contribution < 1.29 is 9.90 Å². The number of carboxylic acids is 1. The molecule has 18 heavy (non-hydrogen) atoms. The second kappa shape index (κ2) is 5.12. The Bertz CT molecular complexity index is 626. The lowest BCUT2D eigenvalue weighted by molar-refractivity contribution is -0.136. The quantitative estimate of drug-likeness (QED) is 0.870. The molecule has 0 atom stereocenters. The number of fused-ring (bicyclic) bond motifs is 1. The van der Waals surface area contributed by atoms with Gasteiger partial charge < -0.3 is 5.11 Å². The van der Waals surface area contributed by atoms with Gasteiger partial charge in [0, 0.05) is 16.8 Å². The normalized spacial score (nSPS) is 10.8. The van der Waals surface area contributed by atoms with Crippen LogP contribution in [0.25, 0.3) is 10.9 Å². The minimum atomic E-state index is -0.849. The van der Waals surface area contributed by atoms with E-state index in [0.717, 1.165) is 22.0 Å². The predicted molar refractivity (Wildman–Crippen MR) is 72.5 cm³/mol. The molecule has 1 heterocycles. The summed E-state index contributed by atoms with van der Waals surface area (Å²) >= 11 is 12.1. The number of rotatable bonds is 3. The van der Waals surface area contributed by atoms with E-state index in [0.29, 0.717) is 16.6 Å². The summed E-state index contributed by atoms with van der Waals surface area (Å²) in [6.45, 7) is 1.88. The number of carbonyl (C=O) groups is 1. The summed E-state index contributed by atoms with van der Waals surface area (Å²) < 4.78 is 0. The molecule has 0 aliphatic heterocycles. The van der Waals surface area contributed by atoms with Gasteiger partial charge in [-0.1, -0.05) is 29.3 Å². The van der Waals surface area contributed by atoms with Crippen LogP contribution < -0.4 is 0 Å². The van der Waals surface area contributed by atoms with Crippen molar-refractivity contribution in [2.24, 2.45) is 0 Å². The van der Waals surface area contributed by atoms with Crippen molar-refractivity contribution >= 4 is 40.1 Å². The maximum Gasteiger partial charge on any atom is 0.303 e. The lowest BCUT2D eigenvalue weighted by Gasteiger charge is -2.08. The molecule has 0 radical (unpaired) electrons. The predicted octanol–water partition coefficient (Wildman–Crippen LogP) is 3.87. The van der Waals surface area contributed by atoms with Gasteiger partial charge in [0.05, 0.1) is 5.52 Å². The minimum absolute atomic E-state index is 0.0411. The first-order valence-electron chi connectivity index (χ1n) is 5.45. The molecule has 1 aromatic carbocycles. The van der Waals surface area contributed by atoms with Crippen molar-refractivity contribution in [3.63, 3.8) is 0 Å². The molecule has 0 saturated carbocycles. The zero-order valence-electron chi connectivity index (χ0n) is 9.70. The van der Waals surface area contributed by atoms with E-state index < -0.39 is 5.97 Å². The third-order valence-electron chi connectivity index (χ3n) is 2.81. The monoisotopic (exact) mass is 283 g/mol. The van der Waals surface area contributed by atoms with Crippen molar-refractivity contribution in [3.05, 3.63) is 39.5 Å². The summed E-state index contributed by atoms with van der Waals surface area (Å²) in [6, 6.07) is 5.53. The molecule has 0 spiro atoms. The van der Waals surface area contributed by atoms with Crippen LogP contribution >= 0.6 is 23.2 Å². The first kappa shape index (κ1) is 13.1. The summed E-state index contributed by atoms with van der Waals surface area (Å²) in [4.78, 5) is 14.9. The average Bonchev–Trinajstić information content (AvgIpc) is 2.32. The molecule has 94 valence electrons. The number of hydrogen-bond acceptors (Lipinski definition) is 2. The number of aliphatic carboxylic acids is 1. The number of aryl methyl sites for hydroxylation is 2. The molecule has 0 saturated heterocycles. The molecule has 0 bridgehead atoms. The maximum absolute atomic E-state index is 10.6. The second-order valence-corrected chi connectivity index (χ2v) is 4.84. The highest BCUT2D eigenvalue weighted by atomic mass is 35.5. The Kier molecular flexibility index (Phi) is 3.73. The number of benzene rings is 1. The Balaban J connectivity index is 2.49. The first-order valence-corrected chi connectivity index (χ1v) is 6.20. The summed E-state index contributed by atoms with van der Waals surface area (Å²) in [6.07, 6.45) is 0.415.